The lowest BCUT2D eigenvalue weighted by molar-refractivity contribution is -0.117. The van der Waals surface area contributed by atoms with E-state index in [1.165, 1.54) is 5.56 Å². The van der Waals surface area contributed by atoms with E-state index in [1.54, 1.807) is 4.90 Å². The van der Waals surface area contributed by atoms with E-state index in [4.69, 9.17) is 0 Å². The maximum atomic E-state index is 12.5. The van der Waals surface area contributed by atoms with Gasteiger partial charge in [-0.05, 0) is 55.7 Å². The minimum absolute atomic E-state index is 0.0849. The van der Waals surface area contributed by atoms with E-state index < -0.39 is 0 Å². The Morgan fingerprint density at radius 3 is 2.73 bits per heavy atom. The number of anilines is 3. The average Bonchev–Trinajstić information content (AvgIpc) is 3.03. The normalized spacial score (nSPS) is 13.8. The van der Waals surface area contributed by atoms with Crippen LogP contribution in [0, 0.1) is 13.8 Å². The molecule has 136 valence electrons. The van der Waals surface area contributed by atoms with Gasteiger partial charge in [-0.25, -0.2) is 0 Å². The van der Waals surface area contributed by atoms with Gasteiger partial charge in [-0.2, -0.15) is 0 Å². The molecule has 0 aliphatic carbocycles. The minimum Gasteiger partial charge on any atom is -0.365 e. The van der Waals surface area contributed by atoms with Crippen LogP contribution in [0.2, 0.25) is 0 Å². The molecule has 1 saturated heterocycles. The van der Waals surface area contributed by atoms with Crippen LogP contribution in [-0.4, -0.2) is 32.0 Å². The Bertz CT molecular complexity index is 832. The molecule has 5 heteroatoms. The van der Waals surface area contributed by atoms with Gasteiger partial charge in [-0.15, -0.1) is 0 Å². The molecule has 0 aromatic heterocycles. The summed E-state index contributed by atoms with van der Waals surface area (Å²) >= 11 is 0. The van der Waals surface area contributed by atoms with Gasteiger partial charge in [-0.3, -0.25) is 9.59 Å². The molecule has 1 heterocycles. The van der Waals surface area contributed by atoms with E-state index in [2.05, 4.69) is 23.5 Å². The van der Waals surface area contributed by atoms with Gasteiger partial charge in [0, 0.05) is 37.1 Å². The zero-order chi connectivity index (χ0) is 18.7. The van der Waals surface area contributed by atoms with Crippen LogP contribution in [0.15, 0.2) is 42.5 Å². The van der Waals surface area contributed by atoms with Gasteiger partial charge in [0.15, 0.2) is 0 Å². The van der Waals surface area contributed by atoms with Crippen molar-refractivity contribution in [2.75, 3.05) is 35.3 Å². The first-order chi connectivity index (χ1) is 12.4. The molecule has 0 saturated carbocycles. The molecule has 1 aliphatic rings. The van der Waals surface area contributed by atoms with E-state index in [-0.39, 0.29) is 18.4 Å². The predicted octanol–water partition coefficient (Wildman–Crippen LogP) is 3.51. The standard InChI is InChI=1S/C21H25N3O2/c1-15-9-10-16(2)19(12-15)23(3)14-20(25)22-17-6-4-7-18(13-17)24-11-5-8-21(24)26/h4,6-7,9-10,12-13H,5,8,11,14H2,1-3H3,(H,22,25). The van der Waals surface area contributed by atoms with Crippen LogP contribution in [0.5, 0.6) is 0 Å². The van der Waals surface area contributed by atoms with E-state index in [9.17, 15) is 9.59 Å². The monoisotopic (exact) mass is 351 g/mol. The maximum Gasteiger partial charge on any atom is 0.243 e. The Labute approximate surface area is 154 Å². The Morgan fingerprint density at radius 1 is 1.19 bits per heavy atom. The number of carbonyl (C=O) groups excluding carboxylic acids is 2. The molecule has 0 radical (unpaired) electrons. The summed E-state index contributed by atoms with van der Waals surface area (Å²) in [6.07, 6.45) is 1.48. The number of benzene rings is 2. The van der Waals surface area contributed by atoms with Gasteiger partial charge in [0.05, 0.1) is 6.54 Å². The molecule has 5 nitrogen and oxygen atoms in total. The Balaban J connectivity index is 1.66. The summed E-state index contributed by atoms with van der Waals surface area (Å²) in [5, 5.41) is 2.94. The van der Waals surface area contributed by atoms with Crippen molar-refractivity contribution in [3.8, 4) is 0 Å². The third kappa shape index (κ3) is 4.04. The summed E-state index contributed by atoms with van der Waals surface area (Å²) in [6.45, 7) is 5.09. The van der Waals surface area contributed by atoms with Crippen LogP contribution in [0.25, 0.3) is 0 Å². The third-order valence-corrected chi connectivity index (χ3v) is 4.67. The number of hydrogen-bond acceptors (Lipinski definition) is 3. The summed E-state index contributed by atoms with van der Waals surface area (Å²) in [5.41, 5.74) is 4.91. The summed E-state index contributed by atoms with van der Waals surface area (Å²) in [5.74, 6) is 0.0569. The lowest BCUT2D eigenvalue weighted by Gasteiger charge is -2.22. The second-order valence-electron chi connectivity index (χ2n) is 6.89. The SMILES string of the molecule is Cc1ccc(C)c(N(C)CC(=O)Nc2cccc(N3CCCC3=O)c2)c1. The molecular weight excluding hydrogens is 326 g/mol. The molecule has 1 aliphatic heterocycles. The van der Waals surface area contributed by atoms with Crippen LogP contribution in [-0.2, 0) is 9.59 Å². The maximum absolute atomic E-state index is 12.5. The molecule has 0 spiro atoms. The van der Waals surface area contributed by atoms with E-state index in [1.807, 2.05) is 50.1 Å². The highest BCUT2D eigenvalue weighted by Crippen LogP contribution is 2.24. The lowest BCUT2D eigenvalue weighted by Crippen LogP contribution is -2.30. The molecule has 0 unspecified atom stereocenters. The first-order valence-corrected chi connectivity index (χ1v) is 8.93. The molecule has 2 aromatic rings. The first-order valence-electron chi connectivity index (χ1n) is 8.93. The van der Waals surface area contributed by atoms with Crippen LogP contribution >= 0.6 is 0 Å². The second kappa shape index (κ2) is 7.60. The molecule has 3 rings (SSSR count). The summed E-state index contributed by atoms with van der Waals surface area (Å²) in [4.78, 5) is 28.1. The number of hydrogen-bond donors (Lipinski definition) is 1. The number of nitrogens with zero attached hydrogens (tertiary/aromatic N) is 2. The Morgan fingerprint density at radius 2 is 2.00 bits per heavy atom. The van der Waals surface area contributed by atoms with E-state index in [0.29, 0.717) is 12.1 Å². The fraction of sp³-hybridized carbons (Fsp3) is 0.333. The number of nitrogens with one attached hydrogen (secondary N) is 1. The average molecular weight is 351 g/mol. The number of amides is 2. The number of carbonyl (C=O) groups is 2. The predicted molar refractivity (Wildman–Crippen MR) is 106 cm³/mol. The zero-order valence-corrected chi connectivity index (χ0v) is 15.6. The van der Waals surface area contributed by atoms with Crippen LogP contribution < -0.4 is 15.1 Å². The summed E-state index contributed by atoms with van der Waals surface area (Å²) in [6, 6.07) is 13.7. The minimum atomic E-state index is -0.0849. The zero-order valence-electron chi connectivity index (χ0n) is 15.6. The van der Waals surface area contributed by atoms with Crippen molar-refractivity contribution in [1.29, 1.82) is 0 Å². The van der Waals surface area contributed by atoms with Crippen molar-refractivity contribution in [2.24, 2.45) is 0 Å². The fourth-order valence-corrected chi connectivity index (χ4v) is 3.30. The number of likely N-dealkylation sites (N-methyl/N-ethyl adjacent to an activating group) is 1. The van der Waals surface area contributed by atoms with Crippen molar-refractivity contribution in [3.63, 3.8) is 0 Å². The quantitative estimate of drug-likeness (QED) is 0.897. The van der Waals surface area contributed by atoms with Gasteiger partial charge < -0.3 is 15.1 Å². The van der Waals surface area contributed by atoms with Crippen molar-refractivity contribution in [3.05, 3.63) is 53.6 Å². The Hall–Kier alpha value is -2.82. The van der Waals surface area contributed by atoms with Gasteiger partial charge >= 0.3 is 0 Å². The van der Waals surface area contributed by atoms with E-state index >= 15 is 0 Å². The molecule has 1 fully saturated rings. The first kappa shape index (κ1) is 18.0. The summed E-state index contributed by atoms with van der Waals surface area (Å²) in [7, 11) is 1.92. The Kier molecular flexibility index (Phi) is 5.26. The van der Waals surface area contributed by atoms with Crippen molar-refractivity contribution in [2.45, 2.75) is 26.7 Å². The molecule has 0 atom stereocenters. The van der Waals surface area contributed by atoms with Crippen molar-refractivity contribution < 1.29 is 9.59 Å². The number of aryl methyl sites for hydroxylation is 2. The lowest BCUT2D eigenvalue weighted by atomic mass is 10.1. The fourth-order valence-electron chi connectivity index (χ4n) is 3.30. The topological polar surface area (TPSA) is 52.7 Å². The highest BCUT2D eigenvalue weighted by molar-refractivity contribution is 5.97. The van der Waals surface area contributed by atoms with Gasteiger partial charge in [0.1, 0.15) is 0 Å². The van der Waals surface area contributed by atoms with Crippen LogP contribution in [0.3, 0.4) is 0 Å². The highest BCUT2D eigenvalue weighted by Gasteiger charge is 2.21. The molecular formula is C21H25N3O2. The van der Waals surface area contributed by atoms with E-state index in [0.717, 1.165) is 29.9 Å². The largest absolute Gasteiger partial charge is 0.365 e. The van der Waals surface area contributed by atoms with Crippen molar-refractivity contribution >= 4 is 28.9 Å². The van der Waals surface area contributed by atoms with Crippen molar-refractivity contribution in [1.82, 2.24) is 0 Å². The molecule has 2 aromatic carbocycles. The number of rotatable bonds is 5. The van der Waals surface area contributed by atoms with Gasteiger partial charge in [0.2, 0.25) is 11.8 Å². The molecule has 1 N–H and O–H groups in total. The second-order valence-corrected chi connectivity index (χ2v) is 6.89. The van der Waals surface area contributed by atoms with Gasteiger partial charge in [0.25, 0.3) is 0 Å². The smallest absolute Gasteiger partial charge is 0.243 e. The molecule has 26 heavy (non-hydrogen) atoms. The summed E-state index contributed by atoms with van der Waals surface area (Å²) < 4.78 is 0. The molecule has 0 bridgehead atoms. The molecule has 2 amide bonds. The van der Waals surface area contributed by atoms with Crippen LogP contribution in [0.4, 0.5) is 17.1 Å². The third-order valence-electron chi connectivity index (χ3n) is 4.67. The van der Waals surface area contributed by atoms with Crippen LogP contribution in [0.1, 0.15) is 24.0 Å². The highest BCUT2D eigenvalue weighted by atomic mass is 16.2. The van der Waals surface area contributed by atoms with Gasteiger partial charge in [-0.1, -0.05) is 18.2 Å².